The summed E-state index contributed by atoms with van der Waals surface area (Å²) in [6, 6.07) is 15.9. The van der Waals surface area contributed by atoms with Crippen LogP contribution in [0.15, 0.2) is 52.9 Å². The van der Waals surface area contributed by atoms with E-state index in [9.17, 15) is 9.59 Å². The number of carbonyl (C=O) groups excluding carboxylic acids is 1. The van der Waals surface area contributed by atoms with E-state index in [1.165, 1.54) is 48.0 Å². The summed E-state index contributed by atoms with van der Waals surface area (Å²) in [5, 5.41) is 13.8. The van der Waals surface area contributed by atoms with E-state index in [-0.39, 0.29) is 24.9 Å². The van der Waals surface area contributed by atoms with Gasteiger partial charge >= 0.3 is 5.97 Å². The Morgan fingerprint density at radius 3 is 2.47 bits per heavy atom. The molecule has 2 aromatic carbocycles. The third-order valence-corrected chi connectivity index (χ3v) is 6.93. The molecule has 2 N–H and O–H groups in total. The van der Waals surface area contributed by atoms with E-state index in [0.717, 1.165) is 23.5 Å². The van der Waals surface area contributed by atoms with Gasteiger partial charge in [-0.1, -0.05) is 44.4 Å². The molecule has 1 aromatic heterocycles. The van der Waals surface area contributed by atoms with Crippen LogP contribution >= 0.6 is 0 Å². The molecule has 0 radical (unpaired) electrons. The first-order valence-corrected chi connectivity index (χ1v) is 12.3. The summed E-state index contributed by atoms with van der Waals surface area (Å²) in [6.07, 6.45) is 6.93. The summed E-state index contributed by atoms with van der Waals surface area (Å²) in [6.45, 7) is 2.33. The number of fused-ring (bicyclic) bond motifs is 1. The second-order valence-corrected chi connectivity index (χ2v) is 9.26. The van der Waals surface area contributed by atoms with Crippen LogP contribution in [0.3, 0.4) is 0 Å². The molecule has 4 rings (SSSR count). The van der Waals surface area contributed by atoms with Crippen molar-refractivity contribution in [3.8, 4) is 0 Å². The Labute approximate surface area is 200 Å². The topological polar surface area (TPSA) is 82.8 Å². The van der Waals surface area contributed by atoms with Gasteiger partial charge in [-0.2, -0.15) is 0 Å². The monoisotopic (exact) mass is 462 g/mol. The Balaban J connectivity index is 1.60. The Kier molecular flexibility index (Phi) is 7.56. The maximum Gasteiger partial charge on any atom is 0.305 e. The predicted octanol–water partition coefficient (Wildman–Crippen LogP) is 6.28. The van der Waals surface area contributed by atoms with Gasteiger partial charge in [0.1, 0.15) is 11.3 Å². The number of nitrogens with zero attached hydrogens (tertiary/aromatic N) is 1. The van der Waals surface area contributed by atoms with E-state index in [0.29, 0.717) is 11.5 Å². The number of aryl methyl sites for hydroxylation is 1. The standard InChI is InChI=1S/C28H34N2O4/c1-3-23-26(22-11-7-8-12-24(22)34-23)27(19-9-5-4-6-10-19)29-21-15-13-20(14-16-21)28(33)30(2)18-17-25(31)32/h7-8,11-16,19,27,29H,3-6,9-10,17-18H2,1-2H3,(H,31,32). The quantitative estimate of drug-likeness (QED) is 0.391. The van der Waals surface area contributed by atoms with Gasteiger partial charge in [-0.05, 0) is 49.1 Å². The number of carbonyl (C=O) groups is 2. The van der Waals surface area contributed by atoms with E-state index in [1.54, 1.807) is 7.05 Å². The number of aliphatic carboxylic acids is 1. The highest BCUT2D eigenvalue weighted by Crippen LogP contribution is 2.42. The summed E-state index contributed by atoms with van der Waals surface area (Å²) < 4.78 is 6.24. The minimum atomic E-state index is -0.911. The second-order valence-electron chi connectivity index (χ2n) is 9.26. The zero-order valence-electron chi connectivity index (χ0n) is 20.0. The molecule has 0 bridgehead atoms. The summed E-state index contributed by atoms with van der Waals surface area (Å²) >= 11 is 0. The van der Waals surface area contributed by atoms with Crippen molar-refractivity contribution in [2.24, 2.45) is 5.92 Å². The van der Waals surface area contributed by atoms with E-state index < -0.39 is 5.97 Å². The molecule has 180 valence electrons. The zero-order valence-corrected chi connectivity index (χ0v) is 20.0. The third-order valence-electron chi connectivity index (χ3n) is 6.93. The molecule has 1 unspecified atom stereocenters. The van der Waals surface area contributed by atoms with Gasteiger partial charge in [-0.25, -0.2) is 0 Å². The molecule has 34 heavy (non-hydrogen) atoms. The van der Waals surface area contributed by atoms with Gasteiger partial charge in [0, 0.05) is 42.2 Å². The van der Waals surface area contributed by atoms with E-state index in [4.69, 9.17) is 9.52 Å². The molecule has 1 heterocycles. The van der Waals surface area contributed by atoms with Gasteiger partial charge in [-0.15, -0.1) is 0 Å². The van der Waals surface area contributed by atoms with E-state index >= 15 is 0 Å². The molecule has 1 fully saturated rings. The lowest BCUT2D eigenvalue weighted by Gasteiger charge is -2.32. The van der Waals surface area contributed by atoms with Crippen LogP contribution in [0.5, 0.6) is 0 Å². The van der Waals surface area contributed by atoms with Gasteiger partial charge < -0.3 is 19.7 Å². The minimum Gasteiger partial charge on any atom is -0.481 e. The molecule has 6 nitrogen and oxygen atoms in total. The summed E-state index contributed by atoms with van der Waals surface area (Å²) in [4.78, 5) is 24.9. The number of anilines is 1. The van der Waals surface area contributed by atoms with Crippen LogP contribution in [0.2, 0.25) is 0 Å². The van der Waals surface area contributed by atoms with Crippen molar-refractivity contribution in [3.05, 3.63) is 65.4 Å². The van der Waals surface area contributed by atoms with Crippen molar-refractivity contribution in [2.45, 2.75) is 57.9 Å². The first kappa shape index (κ1) is 23.9. The Morgan fingerprint density at radius 2 is 1.79 bits per heavy atom. The molecule has 1 saturated carbocycles. The number of carboxylic acids is 1. The molecule has 1 aliphatic rings. The van der Waals surface area contributed by atoms with Crippen LogP contribution < -0.4 is 5.32 Å². The van der Waals surface area contributed by atoms with Crippen LogP contribution in [-0.2, 0) is 11.2 Å². The summed E-state index contributed by atoms with van der Waals surface area (Å²) in [5.74, 6) is 0.469. The first-order valence-electron chi connectivity index (χ1n) is 12.3. The van der Waals surface area contributed by atoms with E-state index in [1.807, 2.05) is 36.4 Å². The number of hydrogen-bond acceptors (Lipinski definition) is 4. The maximum absolute atomic E-state index is 12.7. The number of hydrogen-bond donors (Lipinski definition) is 2. The Bertz CT molecular complexity index is 1130. The first-order chi connectivity index (χ1) is 16.5. The lowest BCUT2D eigenvalue weighted by molar-refractivity contribution is -0.137. The van der Waals surface area contributed by atoms with Crippen LogP contribution in [0, 0.1) is 5.92 Å². The van der Waals surface area contributed by atoms with Crippen LogP contribution in [0.4, 0.5) is 5.69 Å². The van der Waals surface area contributed by atoms with Crippen LogP contribution in [-0.4, -0.2) is 35.5 Å². The molecule has 6 heteroatoms. The number of para-hydroxylation sites is 1. The average Bonchev–Trinajstić information content (AvgIpc) is 3.24. The maximum atomic E-state index is 12.7. The Morgan fingerprint density at radius 1 is 1.09 bits per heavy atom. The zero-order chi connectivity index (χ0) is 24.1. The third kappa shape index (κ3) is 5.27. The number of nitrogens with one attached hydrogen (secondary N) is 1. The molecule has 0 saturated heterocycles. The van der Waals surface area contributed by atoms with Crippen molar-refractivity contribution >= 4 is 28.5 Å². The molecule has 1 amide bonds. The summed E-state index contributed by atoms with van der Waals surface area (Å²) in [5.41, 5.74) is 3.71. The smallest absolute Gasteiger partial charge is 0.305 e. The van der Waals surface area contributed by atoms with Crippen molar-refractivity contribution in [1.82, 2.24) is 4.90 Å². The van der Waals surface area contributed by atoms with E-state index in [2.05, 4.69) is 24.4 Å². The van der Waals surface area contributed by atoms with Gasteiger partial charge in [0.05, 0.1) is 12.5 Å². The normalized spacial score (nSPS) is 15.2. The second kappa shape index (κ2) is 10.8. The predicted molar refractivity (Wildman–Crippen MR) is 134 cm³/mol. The van der Waals surface area contributed by atoms with Crippen molar-refractivity contribution in [2.75, 3.05) is 18.9 Å². The van der Waals surface area contributed by atoms with Crippen LogP contribution in [0.1, 0.15) is 73.2 Å². The average molecular weight is 463 g/mol. The van der Waals surface area contributed by atoms with Gasteiger partial charge in [0.15, 0.2) is 0 Å². The fourth-order valence-electron chi connectivity index (χ4n) is 5.09. The van der Waals surface area contributed by atoms with Crippen molar-refractivity contribution in [3.63, 3.8) is 0 Å². The van der Waals surface area contributed by atoms with Gasteiger partial charge in [-0.3, -0.25) is 9.59 Å². The largest absolute Gasteiger partial charge is 0.481 e. The molecule has 1 aliphatic carbocycles. The van der Waals surface area contributed by atoms with Gasteiger partial charge in [0.25, 0.3) is 5.91 Å². The highest BCUT2D eigenvalue weighted by atomic mass is 16.4. The van der Waals surface area contributed by atoms with Gasteiger partial charge in [0.2, 0.25) is 0 Å². The van der Waals surface area contributed by atoms with Crippen molar-refractivity contribution in [1.29, 1.82) is 0 Å². The van der Waals surface area contributed by atoms with Crippen molar-refractivity contribution < 1.29 is 19.1 Å². The number of furan rings is 1. The van der Waals surface area contributed by atoms with Crippen LogP contribution in [0.25, 0.3) is 11.0 Å². The molecular formula is C28H34N2O4. The highest BCUT2D eigenvalue weighted by Gasteiger charge is 2.30. The molecule has 1 atom stereocenters. The lowest BCUT2D eigenvalue weighted by Crippen LogP contribution is -2.29. The fourth-order valence-corrected chi connectivity index (χ4v) is 5.09. The molecular weight excluding hydrogens is 428 g/mol. The lowest BCUT2D eigenvalue weighted by atomic mass is 9.80. The Hall–Kier alpha value is -3.28. The number of amides is 1. The highest BCUT2D eigenvalue weighted by molar-refractivity contribution is 5.94. The minimum absolute atomic E-state index is 0.0661. The molecule has 3 aromatic rings. The summed E-state index contributed by atoms with van der Waals surface area (Å²) in [7, 11) is 1.63. The number of benzene rings is 2. The number of rotatable bonds is 9. The SMILES string of the molecule is CCc1oc2ccccc2c1C(Nc1ccc(C(=O)N(C)CCC(=O)O)cc1)C1CCCCC1. The molecule has 0 aliphatic heterocycles. The fraction of sp³-hybridized carbons (Fsp3) is 0.429. The number of carboxylic acid groups (broad SMARTS) is 1. The molecule has 0 spiro atoms.